The summed E-state index contributed by atoms with van der Waals surface area (Å²) in [4.78, 5) is 0. The lowest BCUT2D eigenvalue weighted by Gasteiger charge is -2.19. The molecule has 0 bridgehead atoms. The predicted octanol–water partition coefficient (Wildman–Crippen LogP) is 1.91. The van der Waals surface area contributed by atoms with Crippen LogP contribution in [0.5, 0.6) is 11.5 Å². The van der Waals surface area contributed by atoms with Crippen LogP contribution in [-0.2, 0) is 0 Å². The first kappa shape index (κ1) is 14.3. The molecule has 0 spiro atoms. The standard InChI is InChI=1S/C14H20N4O2/c1-4-7-15-14(12-9-16-18-17-12)11-6-5-10(19-2)8-13(11)20-3/h5-6,8-9,14-15H,4,7H2,1-3H3,(H,16,17,18). The first-order chi connectivity index (χ1) is 9.80. The van der Waals surface area contributed by atoms with Gasteiger partial charge in [0, 0.05) is 11.6 Å². The van der Waals surface area contributed by atoms with Crippen LogP contribution in [-0.4, -0.2) is 36.2 Å². The van der Waals surface area contributed by atoms with Gasteiger partial charge in [-0.3, -0.25) is 0 Å². The number of nitrogens with one attached hydrogen (secondary N) is 2. The van der Waals surface area contributed by atoms with E-state index in [9.17, 15) is 0 Å². The van der Waals surface area contributed by atoms with E-state index >= 15 is 0 Å². The van der Waals surface area contributed by atoms with Crippen molar-refractivity contribution >= 4 is 0 Å². The van der Waals surface area contributed by atoms with Crippen molar-refractivity contribution in [2.45, 2.75) is 19.4 Å². The maximum Gasteiger partial charge on any atom is 0.127 e. The third-order valence-electron chi connectivity index (χ3n) is 3.08. The summed E-state index contributed by atoms with van der Waals surface area (Å²) < 4.78 is 10.7. The van der Waals surface area contributed by atoms with Gasteiger partial charge >= 0.3 is 0 Å². The van der Waals surface area contributed by atoms with E-state index in [1.54, 1.807) is 20.4 Å². The fourth-order valence-electron chi connectivity index (χ4n) is 2.07. The largest absolute Gasteiger partial charge is 0.497 e. The van der Waals surface area contributed by atoms with Gasteiger partial charge in [0.1, 0.15) is 17.2 Å². The summed E-state index contributed by atoms with van der Waals surface area (Å²) in [6.07, 6.45) is 2.75. The second kappa shape index (κ2) is 6.91. The number of methoxy groups -OCH3 is 2. The molecular weight excluding hydrogens is 256 g/mol. The fraction of sp³-hybridized carbons (Fsp3) is 0.429. The van der Waals surface area contributed by atoms with Crippen molar-refractivity contribution < 1.29 is 9.47 Å². The molecule has 1 heterocycles. The molecule has 0 radical (unpaired) electrons. The Morgan fingerprint density at radius 3 is 2.75 bits per heavy atom. The molecule has 0 aliphatic rings. The summed E-state index contributed by atoms with van der Waals surface area (Å²) >= 11 is 0. The topological polar surface area (TPSA) is 72.1 Å². The van der Waals surface area contributed by atoms with Crippen molar-refractivity contribution in [2.75, 3.05) is 20.8 Å². The Bertz CT molecular complexity index is 528. The van der Waals surface area contributed by atoms with E-state index in [2.05, 4.69) is 27.7 Å². The van der Waals surface area contributed by atoms with Gasteiger partial charge < -0.3 is 14.8 Å². The average molecular weight is 276 g/mol. The highest BCUT2D eigenvalue weighted by Crippen LogP contribution is 2.32. The number of ether oxygens (including phenoxy) is 2. The number of aromatic nitrogens is 3. The number of benzene rings is 1. The van der Waals surface area contributed by atoms with Crippen molar-refractivity contribution in [1.82, 2.24) is 20.7 Å². The van der Waals surface area contributed by atoms with Gasteiger partial charge in [0.15, 0.2) is 0 Å². The van der Waals surface area contributed by atoms with E-state index in [0.717, 1.165) is 35.7 Å². The summed E-state index contributed by atoms with van der Waals surface area (Å²) in [6, 6.07) is 5.71. The zero-order chi connectivity index (χ0) is 14.4. The molecule has 1 atom stereocenters. The SMILES string of the molecule is CCCNC(c1cn[nH]n1)c1ccc(OC)cc1OC. The van der Waals surface area contributed by atoms with Crippen LogP contribution in [0.25, 0.3) is 0 Å². The van der Waals surface area contributed by atoms with Gasteiger partial charge in [0.05, 0.1) is 26.5 Å². The highest BCUT2D eigenvalue weighted by Gasteiger charge is 2.20. The minimum absolute atomic E-state index is 0.0606. The number of hydrogen-bond acceptors (Lipinski definition) is 5. The van der Waals surface area contributed by atoms with Crippen molar-refractivity contribution in [3.05, 3.63) is 35.7 Å². The van der Waals surface area contributed by atoms with E-state index in [1.807, 2.05) is 18.2 Å². The zero-order valence-electron chi connectivity index (χ0n) is 12.0. The van der Waals surface area contributed by atoms with Crippen LogP contribution < -0.4 is 14.8 Å². The molecule has 2 rings (SSSR count). The molecular formula is C14H20N4O2. The van der Waals surface area contributed by atoms with Gasteiger partial charge in [-0.05, 0) is 25.1 Å². The lowest BCUT2D eigenvalue weighted by Crippen LogP contribution is -2.24. The number of aromatic amines is 1. The Morgan fingerprint density at radius 1 is 1.30 bits per heavy atom. The highest BCUT2D eigenvalue weighted by atomic mass is 16.5. The lowest BCUT2D eigenvalue weighted by atomic mass is 10.0. The third kappa shape index (κ3) is 3.08. The molecule has 2 aromatic rings. The lowest BCUT2D eigenvalue weighted by molar-refractivity contribution is 0.387. The molecule has 1 unspecified atom stereocenters. The van der Waals surface area contributed by atoms with E-state index in [4.69, 9.17) is 9.47 Å². The Kier molecular flexibility index (Phi) is 4.95. The van der Waals surface area contributed by atoms with E-state index in [0.29, 0.717) is 0 Å². The fourth-order valence-corrected chi connectivity index (χ4v) is 2.07. The maximum absolute atomic E-state index is 5.47. The van der Waals surface area contributed by atoms with Crippen LogP contribution in [0.4, 0.5) is 0 Å². The van der Waals surface area contributed by atoms with Crippen LogP contribution >= 0.6 is 0 Å². The van der Waals surface area contributed by atoms with Crippen LogP contribution in [0.2, 0.25) is 0 Å². The van der Waals surface area contributed by atoms with Crippen LogP contribution in [0.3, 0.4) is 0 Å². The van der Waals surface area contributed by atoms with Crippen LogP contribution in [0.1, 0.15) is 30.6 Å². The Hall–Kier alpha value is -2.08. The highest BCUT2D eigenvalue weighted by molar-refractivity contribution is 5.44. The second-order valence-electron chi connectivity index (χ2n) is 4.39. The summed E-state index contributed by atoms with van der Waals surface area (Å²) in [5.41, 5.74) is 1.84. The second-order valence-corrected chi connectivity index (χ2v) is 4.39. The molecule has 0 fully saturated rings. The Labute approximate surface area is 118 Å². The predicted molar refractivity (Wildman–Crippen MR) is 76.1 cm³/mol. The maximum atomic E-state index is 5.47. The van der Waals surface area contributed by atoms with Gasteiger partial charge in [0.2, 0.25) is 0 Å². The molecule has 0 aliphatic heterocycles. The van der Waals surface area contributed by atoms with Gasteiger partial charge in [-0.2, -0.15) is 15.4 Å². The number of hydrogen-bond donors (Lipinski definition) is 2. The molecule has 0 saturated carbocycles. The molecule has 1 aromatic heterocycles. The quantitative estimate of drug-likeness (QED) is 0.808. The van der Waals surface area contributed by atoms with E-state index in [-0.39, 0.29) is 6.04 Å². The summed E-state index contributed by atoms with van der Waals surface area (Å²) in [7, 11) is 3.29. The summed E-state index contributed by atoms with van der Waals surface area (Å²) in [5, 5.41) is 14.2. The van der Waals surface area contributed by atoms with E-state index in [1.165, 1.54) is 0 Å². The molecule has 6 nitrogen and oxygen atoms in total. The first-order valence-corrected chi connectivity index (χ1v) is 6.61. The Balaban J connectivity index is 2.37. The molecule has 20 heavy (non-hydrogen) atoms. The van der Waals surface area contributed by atoms with Crippen molar-refractivity contribution in [3.63, 3.8) is 0 Å². The molecule has 108 valence electrons. The zero-order valence-corrected chi connectivity index (χ0v) is 12.0. The number of H-pyrrole nitrogens is 1. The molecule has 6 heteroatoms. The molecule has 0 saturated heterocycles. The minimum atomic E-state index is -0.0606. The summed E-state index contributed by atoms with van der Waals surface area (Å²) in [5.74, 6) is 1.53. The monoisotopic (exact) mass is 276 g/mol. The first-order valence-electron chi connectivity index (χ1n) is 6.61. The molecule has 0 amide bonds. The molecule has 0 aliphatic carbocycles. The van der Waals surface area contributed by atoms with Gasteiger partial charge in [0.25, 0.3) is 0 Å². The van der Waals surface area contributed by atoms with Crippen molar-refractivity contribution in [3.8, 4) is 11.5 Å². The van der Waals surface area contributed by atoms with Crippen LogP contribution in [0.15, 0.2) is 24.4 Å². The van der Waals surface area contributed by atoms with Gasteiger partial charge in [-0.25, -0.2) is 0 Å². The number of rotatable bonds is 7. The van der Waals surface area contributed by atoms with Crippen molar-refractivity contribution in [2.24, 2.45) is 0 Å². The summed E-state index contributed by atoms with van der Waals surface area (Å²) in [6.45, 7) is 3.00. The van der Waals surface area contributed by atoms with Crippen LogP contribution in [0, 0.1) is 0 Å². The van der Waals surface area contributed by atoms with E-state index < -0.39 is 0 Å². The molecule has 2 N–H and O–H groups in total. The minimum Gasteiger partial charge on any atom is -0.497 e. The third-order valence-corrected chi connectivity index (χ3v) is 3.08. The van der Waals surface area contributed by atoms with Gasteiger partial charge in [-0.15, -0.1) is 0 Å². The average Bonchev–Trinajstić information content (AvgIpc) is 3.02. The van der Waals surface area contributed by atoms with Gasteiger partial charge in [-0.1, -0.05) is 6.92 Å². The smallest absolute Gasteiger partial charge is 0.127 e. The normalized spacial score (nSPS) is 12.2. The molecule has 1 aromatic carbocycles. The van der Waals surface area contributed by atoms with Crippen molar-refractivity contribution in [1.29, 1.82) is 0 Å². The number of nitrogens with zero attached hydrogens (tertiary/aromatic N) is 2. The Morgan fingerprint density at radius 2 is 2.15 bits per heavy atom.